The molecule has 0 bridgehead atoms. The maximum Gasteiger partial charge on any atom is 0.339 e. The molecule has 12 heavy (non-hydrogen) atoms. The standard InChI is InChI=1S/C8H11NO3/c1-2-9-5-7-6(8(10)11)3-4-12-7/h3-4,9H,2,5H2,1H3,(H,10,11). The summed E-state index contributed by atoms with van der Waals surface area (Å²) in [5.74, 6) is -0.471. The molecule has 4 nitrogen and oxygen atoms in total. The van der Waals surface area contributed by atoms with Crippen LogP contribution in [0, 0.1) is 0 Å². The smallest absolute Gasteiger partial charge is 0.339 e. The number of rotatable bonds is 4. The first kappa shape index (κ1) is 8.80. The normalized spacial score (nSPS) is 10.1. The first-order valence-electron chi connectivity index (χ1n) is 3.76. The summed E-state index contributed by atoms with van der Waals surface area (Å²) >= 11 is 0. The van der Waals surface area contributed by atoms with Crippen LogP contribution in [0.25, 0.3) is 0 Å². The minimum atomic E-state index is -0.948. The van der Waals surface area contributed by atoms with Gasteiger partial charge in [0.1, 0.15) is 11.3 Å². The molecule has 0 radical (unpaired) electrons. The summed E-state index contributed by atoms with van der Waals surface area (Å²) in [6.45, 7) is 3.20. The lowest BCUT2D eigenvalue weighted by Crippen LogP contribution is -2.13. The van der Waals surface area contributed by atoms with Gasteiger partial charge in [0.2, 0.25) is 0 Å². The third-order valence-electron chi connectivity index (χ3n) is 1.51. The first-order chi connectivity index (χ1) is 5.75. The molecule has 0 saturated heterocycles. The molecule has 1 heterocycles. The fraction of sp³-hybridized carbons (Fsp3) is 0.375. The fourth-order valence-corrected chi connectivity index (χ4v) is 0.907. The van der Waals surface area contributed by atoms with E-state index in [0.29, 0.717) is 12.3 Å². The Labute approximate surface area is 70.2 Å². The number of aromatic carboxylic acids is 1. The van der Waals surface area contributed by atoms with Gasteiger partial charge in [0.15, 0.2) is 0 Å². The van der Waals surface area contributed by atoms with Crippen molar-refractivity contribution >= 4 is 5.97 Å². The van der Waals surface area contributed by atoms with Crippen molar-refractivity contribution in [3.8, 4) is 0 Å². The highest BCUT2D eigenvalue weighted by atomic mass is 16.4. The van der Waals surface area contributed by atoms with E-state index < -0.39 is 5.97 Å². The maximum absolute atomic E-state index is 10.6. The molecule has 0 aliphatic carbocycles. The topological polar surface area (TPSA) is 62.5 Å². The summed E-state index contributed by atoms with van der Waals surface area (Å²) < 4.78 is 4.98. The molecule has 66 valence electrons. The Hall–Kier alpha value is -1.29. The fourth-order valence-electron chi connectivity index (χ4n) is 0.907. The van der Waals surface area contributed by atoms with Crippen molar-refractivity contribution in [3.63, 3.8) is 0 Å². The van der Waals surface area contributed by atoms with Crippen molar-refractivity contribution in [1.29, 1.82) is 0 Å². The summed E-state index contributed by atoms with van der Waals surface area (Å²) in [6.07, 6.45) is 1.39. The number of furan rings is 1. The molecule has 0 amide bonds. The van der Waals surface area contributed by atoms with Gasteiger partial charge in [-0.3, -0.25) is 0 Å². The molecule has 0 fully saturated rings. The van der Waals surface area contributed by atoms with Gasteiger partial charge in [-0.2, -0.15) is 0 Å². The minimum Gasteiger partial charge on any atom is -0.478 e. The Balaban J connectivity index is 2.70. The Morgan fingerprint density at radius 1 is 1.75 bits per heavy atom. The molecule has 0 aliphatic heterocycles. The molecule has 2 N–H and O–H groups in total. The number of carboxylic acid groups (broad SMARTS) is 1. The van der Waals surface area contributed by atoms with Crippen molar-refractivity contribution < 1.29 is 14.3 Å². The third kappa shape index (κ3) is 1.85. The molecule has 0 spiro atoms. The second kappa shape index (κ2) is 3.92. The number of nitrogens with one attached hydrogen (secondary N) is 1. The zero-order valence-corrected chi connectivity index (χ0v) is 6.83. The van der Waals surface area contributed by atoms with Crippen LogP contribution >= 0.6 is 0 Å². The van der Waals surface area contributed by atoms with Gasteiger partial charge in [-0.1, -0.05) is 6.92 Å². The summed E-state index contributed by atoms with van der Waals surface area (Å²) in [6, 6.07) is 1.45. The number of carboxylic acids is 1. The van der Waals surface area contributed by atoms with Crippen LogP contribution in [-0.4, -0.2) is 17.6 Å². The van der Waals surface area contributed by atoms with E-state index in [2.05, 4.69) is 5.32 Å². The average Bonchev–Trinajstić information content (AvgIpc) is 2.48. The van der Waals surface area contributed by atoms with Crippen LogP contribution in [0.15, 0.2) is 16.7 Å². The van der Waals surface area contributed by atoms with Crippen LogP contribution in [-0.2, 0) is 6.54 Å². The summed E-state index contributed by atoms with van der Waals surface area (Å²) in [5.41, 5.74) is 0.232. The minimum absolute atomic E-state index is 0.232. The lowest BCUT2D eigenvalue weighted by Gasteiger charge is -1.98. The van der Waals surface area contributed by atoms with Gasteiger partial charge < -0.3 is 14.8 Å². The van der Waals surface area contributed by atoms with E-state index in [-0.39, 0.29) is 5.56 Å². The van der Waals surface area contributed by atoms with Crippen molar-refractivity contribution in [2.45, 2.75) is 13.5 Å². The van der Waals surface area contributed by atoms with Gasteiger partial charge in [0, 0.05) is 0 Å². The lowest BCUT2D eigenvalue weighted by molar-refractivity contribution is 0.0694. The van der Waals surface area contributed by atoms with Crippen molar-refractivity contribution in [2.24, 2.45) is 0 Å². The van der Waals surface area contributed by atoms with Crippen LogP contribution < -0.4 is 5.32 Å². The van der Waals surface area contributed by atoms with Crippen molar-refractivity contribution in [3.05, 3.63) is 23.7 Å². The Kier molecular flexibility index (Phi) is 2.88. The number of hydrogen-bond acceptors (Lipinski definition) is 3. The molecule has 4 heteroatoms. The molecule has 0 atom stereocenters. The zero-order valence-electron chi connectivity index (χ0n) is 6.83. The second-order valence-corrected chi connectivity index (χ2v) is 2.34. The second-order valence-electron chi connectivity index (χ2n) is 2.34. The molecule has 1 rings (SSSR count). The maximum atomic E-state index is 10.6. The van der Waals surface area contributed by atoms with E-state index >= 15 is 0 Å². The van der Waals surface area contributed by atoms with Gasteiger partial charge in [0.25, 0.3) is 0 Å². The van der Waals surface area contributed by atoms with Crippen LogP contribution in [0.3, 0.4) is 0 Å². The van der Waals surface area contributed by atoms with Crippen LogP contribution in [0.4, 0.5) is 0 Å². The molecule has 1 aromatic rings. The van der Waals surface area contributed by atoms with Crippen LogP contribution in [0.5, 0.6) is 0 Å². The van der Waals surface area contributed by atoms with Gasteiger partial charge in [0.05, 0.1) is 12.8 Å². The van der Waals surface area contributed by atoms with Crippen molar-refractivity contribution in [2.75, 3.05) is 6.54 Å². The largest absolute Gasteiger partial charge is 0.478 e. The van der Waals surface area contributed by atoms with Gasteiger partial charge >= 0.3 is 5.97 Å². The molecule has 0 aromatic carbocycles. The summed E-state index contributed by atoms with van der Waals surface area (Å²) in [7, 11) is 0. The molecular weight excluding hydrogens is 158 g/mol. The van der Waals surface area contributed by atoms with E-state index in [0.717, 1.165) is 6.54 Å². The molecule has 0 aliphatic rings. The van der Waals surface area contributed by atoms with Gasteiger partial charge in [-0.15, -0.1) is 0 Å². The molecule has 0 unspecified atom stereocenters. The SMILES string of the molecule is CCNCc1occc1C(=O)O. The Morgan fingerprint density at radius 2 is 2.50 bits per heavy atom. The highest BCUT2D eigenvalue weighted by Crippen LogP contribution is 2.09. The Morgan fingerprint density at radius 3 is 3.08 bits per heavy atom. The molecule has 0 saturated carbocycles. The zero-order chi connectivity index (χ0) is 8.97. The predicted molar refractivity (Wildman–Crippen MR) is 43.0 cm³/mol. The van der Waals surface area contributed by atoms with E-state index in [1.807, 2.05) is 6.92 Å². The predicted octanol–water partition coefficient (Wildman–Crippen LogP) is 1.09. The van der Waals surface area contributed by atoms with Gasteiger partial charge in [-0.05, 0) is 12.6 Å². The highest BCUT2D eigenvalue weighted by Gasteiger charge is 2.11. The van der Waals surface area contributed by atoms with E-state index in [1.165, 1.54) is 12.3 Å². The highest BCUT2D eigenvalue weighted by molar-refractivity contribution is 5.88. The van der Waals surface area contributed by atoms with E-state index in [9.17, 15) is 4.79 Å². The summed E-state index contributed by atoms with van der Waals surface area (Å²) in [4.78, 5) is 10.6. The van der Waals surface area contributed by atoms with Gasteiger partial charge in [-0.25, -0.2) is 4.79 Å². The Bertz CT molecular complexity index is 267. The average molecular weight is 169 g/mol. The number of hydrogen-bond donors (Lipinski definition) is 2. The lowest BCUT2D eigenvalue weighted by atomic mass is 10.2. The molecular formula is C8H11NO3. The van der Waals surface area contributed by atoms with Crippen LogP contribution in [0.1, 0.15) is 23.0 Å². The quantitative estimate of drug-likeness (QED) is 0.708. The molecule has 1 aromatic heterocycles. The van der Waals surface area contributed by atoms with Crippen LogP contribution in [0.2, 0.25) is 0 Å². The monoisotopic (exact) mass is 169 g/mol. The van der Waals surface area contributed by atoms with E-state index in [4.69, 9.17) is 9.52 Å². The first-order valence-corrected chi connectivity index (χ1v) is 3.76. The van der Waals surface area contributed by atoms with Crippen molar-refractivity contribution in [1.82, 2.24) is 5.32 Å². The van der Waals surface area contributed by atoms with E-state index in [1.54, 1.807) is 0 Å². The summed E-state index contributed by atoms with van der Waals surface area (Å²) in [5, 5.41) is 11.7. The number of carbonyl (C=O) groups is 1. The third-order valence-corrected chi connectivity index (χ3v) is 1.51.